The lowest BCUT2D eigenvalue weighted by Crippen LogP contribution is -2.43. The fraction of sp³-hybridized carbons (Fsp3) is 0.429. The lowest BCUT2D eigenvalue weighted by Gasteiger charge is -2.13. The summed E-state index contributed by atoms with van der Waals surface area (Å²) in [6.45, 7) is 6.12. The molecule has 0 saturated heterocycles. The van der Waals surface area contributed by atoms with Crippen LogP contribution in [-0.4, -0.2) is 31.1 Å². The van der Waals surface area contributed by atoms with Gasteiger partial charge in [0.15, 0.2) is 6.04 Å². The fourth-order valence-corrected chi connectivity index (χ4v) is 1.58. The topological polar surface area (TPSA) is 90.7 Å². The molecule has 1 aromatic carbocycles. The third kappa shape index (κ3) is 4.24. The number of rotatable bonds is 6. The van der Waals surface area contributed by atoms with E-state index in [0.29, 0.717) is 12.3 Å². The minimum Gasteiger partial charge on any atom is -0.494 e. The average molecular weight is 280 g/mol. The molecule has 1 aromatic rings. The van der Waals surface area contributed by atoms with Crippen LogP contribution in [0, 0.1) is 6.92 Å². The van der Waals surface area contributed by atoms with Crippen LogP contribution in [0.15, 0.2) is 18.2 Å². The van der Waals surface area contributed by atoms with E-state index in [2.05, 4.69) is 5.32 Å². The van der Waals surface area contributed by atoms with Crippen molar-refractivity contribution in [2.24, 2.45) is 5.73 Å². The summed E-state index contributed by atoms with van der Waals surface area (Å²) in [6.07, 6.45) is 0. The first-order valence-electron chi connectivity index (χ1n) is 6.46. The number of benzene rings is 1. The summed E-state index contributed by atoms with van der Waals surface area (Å²) in [5.74, 6) is -0.623. The third-order valence-electron chi connectivity index (χ3n) is 2.59. The lowest BCUT2D eigenvalue weighted by molar-refractivity contribution is -0.146. The number of anilines is 1. The maximum Gasteiger partial charge on any atom is 0.332 e. The molecule has 1 unspecified atom stereocenters. The van der Waals surface area contributed by atoms with Gasteiger partial charge in [0.25, 0.3) is 5.91 Å². The summed E-state index contributed by atoms with van der Waals surface area (Å²) in [5.41, 5.74) is 6.91. The molecule has 6 nitrogen and oxygen atoms in total. The molecular weight excluding hydrogens is 260 g/mol. The second-order valence-corrected chi connectivity index (χ2v) is 4.13. The van der Waals surface area contributed by atoms with Crippen molar-refractivity contribution in [3.05, 3.63) is 23.8 Å². The zero-order valence-electron chi connectivity index (χ0n) is 11.9. The summed E-state index contributed by atoms with van der Waals surface area (Å²) in [4.78, 5) is 23.2. The van der Waals surface area contributed by atoms with Gasteiger partial charge in [-0.3, -0.25) is 4.79 Å². The Kier molecular flexibility index (Phi) is 5.99. The quantitative estimate of drug-likeness (QED) is 0.604. The van der Waals surface area contributed by atoms with Crippen molar-refractivity contribution in [2.45, 2.75) is 26.8 Å². The van der Waals surface area contributed by atoms with Crippen LogP contribution in [0.4, 0.5) is 5.69 Å². The van der Waals surface area contributed by atoms with Crippen LogP contribution in [0.5, 0.6) is 5.75 Å². The Hall–Kier alpha value is -2.08. The number of nitrogens with two attached hydrogens (primary N) is 1. The predicted octanol–water partition coefficient (Wildman–Crippen LogP) is 1.22. The van der Waals surface area contributed by atoms with Crippen LogP contribution in [0.3, 0.4) is 0 Å². The van der Waals surface area contributed by atoms with Gasteiger partial charge in [-0.2, -0.15) is 0 Å². The molecule has 0 bridgehead atoms. The van der Waals surface area contributed by atoms with Crippen LogP contribution in [0.2, 0.25) is 0 Å². The minimum absolute atomic E-state index is 0.182. The normalized spacial score (nSPS) is 11.6. The predicted molar refractivity (Wildman–Crippen MR) is 75.6 cm³/mol. The molecule has 0 aliphatic heterocycles. The number of esters is 1. The Morgan fingerprint density at radius 2 is 2.00 bits per heavy atom. The van der Waals surface area contributed by atoms with Crippen LogP contribution in [-0.2, 0) is 14.3 Å². The van der Waals surface area contributed by atoms with E-state index >= 15 is 0 Å². The molecule has 0 heterocycles. The van der Waals surface area contributed by atoms with E-state index < -0.39 is 17.9 Å². The summed E-state index contributed by atoms with van der Waals surface area (Å²) < 4.78 is 10.1. The molecule has 1 atom stereocenters. The molecule has 1 rings (SSSR count). The van der Waals surface area contributed by atoms with Gasteiger partial charge in [-0.25, -0.2) is 4.79 Å². The van der Waals surface area contributed by atoms with E-state index in [4.69, 9.17) is 15.2 Å². The van der Waals surface area contributed by atoms with Crippen LogP contribution in [0.25, 0.3) is 0 Å². The van der Waals surface area contributed by atoms with E-state index in [1.165, 1.54) is 0 Å². The maximum absolute atomic E-state index is 11.8. The van der Waals surface area contributed by atoms with Gasteiger partial charge >= 0.3 is 5.97 Å². The Labute approximate surface area is 118 Å². The summed E-state index contributed by atoms with van der Waals surface area (Å²) >= 11 is 0. The van der Waals surface area contributed by atoms with Crippen molar-refractivity contribution in [1.82, 2.24) is 0 Å². The first-order chi connectivity index (χ1) is 9.49. The van der Waals surface area contributed by atoms with Crippen LogP contribution in [0.1, 0.15) is 19.4 Å². The number of nitrogens with one attached hydrogen (secondary N) is 1. The number of aryl methyl sites for hydroxylation is 1. The van der Waals surface area contributed by atoms with Gasteiger partial charge in [0.2, 0.25) is 0 Å². The number of amides is 1. The molecule has 0 aliphatic rings. The van der Waals surface area contributed by atoms with Gasteiger partial charge in [0.05, 0.1) is 13.2 Å². The van der Waals surface area contributed by atoms with Gasteiger partial charge in [-0.15, -0.1) is 0 Å². The van der Waals surface area contributed by atoms with Gasteiger partial charge < -0.3 is 20.5 Å². The third-order valence-corrected chi connectivity index (χ3v) is 2.59. The van der Waals surface area contributed by atoms with E-state index in [1.807, 2.05) is 13.8 Å². The van der Waals surface area contributed by atoms with Gasteiger partial charge in [0, 0.05) is 5.69 Å². The first-order valence-corrected chi connectivity index (χ1v) is 6.46. The fourth-order valence-electron chi connectivity index (χ4n) is 1.58. The number of ether oxygens (including phenoxy) is 2. The first kappa shape index (κ1) is 16.0. The lowest BCUT2D eigenvalue weighted by atomic mass is 10.1. The molecule has 0 saturated carbocycles. The monoisotopic (exact) mass is 280 g/mol. The van der Waals surface area contributed by atoms with Crippen LogP contribution >= 0.6 is 0 Å². The average Bonchev–Trinajstić information content (AvgIpc) is 2.41. The molecule has 6 heteroatoms. The minimum atomic E-state index is -1.33. The smallest absolute Gasteiger partial charge is 0.332 e. The van der Waals surface area contributed by atoms with Gasteiger partial charge in [-0.1, -0.05) is 0 Å². The molecule has 0 fully saturated rings. The summed E-state index contributed by atoms with van der Waals surface area (Å²) in [5, 5.41) is 2.60. The second-order valence-electron chi connectivity index (χ2n) is 4.13. The van der Waals surface area contributed by atoms with Crippen molar-refractivity contribution in [1.29, 1.82) is 0 Å². The number of carbonyl (C=O) groups excluding carboxylic acids is 2. The van der Waals surface area contributed by atoms with Crippen molar-refractivity contribution >= 4 is 17.6 Å². The zero-order valence-corrected chi connectivity index (χ0v) is 11.9. The Balaban J connectivity index is 2.73. The Morgan fingerprint density at radius 3 is 2.55 bits per heavy atom. The molecule has 20 heavy (non-hydrogen) atoms. The van der Waals surface area contributed by atoms with Crippen LogP contribution < -0.4 is 15.8 Å². The maximum atomic E-state index is 11.8. The molecule has 3 N–H and O–H groups in total. The molecular formula is C14H20N2O4. The molecule has 110 valence electrons. The van der Waals surface area contributed by atoms with Crippen molar-refractivity contribution in [2.75, 3.05) is 18.5 Å². The van der Waals surface area contributed by atoms with Crippen molar-refractivity contribution in [3.63, 3.8) is 0 Å². The standard InChI is InChI=1S/C14H20N2O4/c1-4-19-10-6-7-11(9(3)8-10)16-13(17)12(15)14(18)20-5-2/h6-8,12H,4-5,15H2,1-3H3,(H,16,17). The van der Waals surface area contributed by atoms with Gasteiger partial charge in [0.1, 0.15) is 5.75 Å². The number of carbonyl (C=O) groups is 2. The molecule has 0 radical (unpaired) electrons. The van der Waals surface area contributed by atoms with E-state index in [1.54, 1.807) is 25.1 Å². The molecule has 1 amide bonds. The molecule has 0 spiro atoms. The zero-order chi connectivity index (χ0) is 15.1. The number of hydrogen-bond donors (Lipinski definition) is 2. The van der Waals surface area contributed by atoms with Crippen molar-refractivity contribution in [3.8, 4) is 5.75 Å². The second kappa shape index (κ2) is 7.49. The molecule has 0 aromatic heterocycles. The summed E-state index contributed by atoms with van der Waals surface area (Å²) in [7, 11) is 0. The number of hydrogen-bond acceptors (Lipinski definition) is 5. The van der Waals surface area contributed by atoms with E-state index in [0.717, 1.165) is 11.3 Å². The van der Waals surface area contributed by atoms with E-state index in [-0.39, 0.29) is 6.61 Å². The van der Waals surface area contributed by atoms with Gasteiger partial charge in [-0.05, 0) is 44.5 Å². The molecule has 0 aliphatic carbocycles. The Bertz CT molecular complexity index is 488. The highest BCUT2D eigenvalue weighted by atomic mass is 16.5. The Morgan fingerprint density at radius 1 is 1.30 bits per heavy atom. The highest BCUT2D eigenvalue weighted by Gasteiger charge is 2.23. The summed E-state index contributed by atoms with van der Waals surface area (Å²) in [6, 6.07) is 3.91. The SMILES string of the molecule is CCOC(=O)C(N)C(=O)Nc1ccc(OCC)cc1C. The highest BCUT2D eigenvalue weighted by Crippen LogP contribution is 2.21. The largest absolute Gasteiger partial charge is 0.494 e. The van der Waals surface area contributed by atoms with E-state index in [9.17, 15) is 9.59 Å². The van der Waals surface area contributed by atoms with Crippen molar-refractivity contribution < 1.29 is 19.1 Å². The highest BCUT2D eigenvalue weighted by molar-refractivity contribution is 6.08.